The SMILES string of the molecule is CC(COc1ccccc1)C(=O)Nc1ccc2c(c1F)CCNC2.Cl. The Morgan fingerprint density at radius 3 is 2.80 bits per heavy atom. The molecule has 1 heterocycles. The highest BCUT2D eigenvalue weighted by atomic mass is 35.5. The van der Waals surface area contributed by atoms with Crippen molar-refractivity contribution in [2.45, 2.75) is 19.9 Å². The summed E-state index contributed by atoms with van der Waals surface area (Å²) < 4.78 is 20.1. The number of carbonyl (C=O) groups is 1. The molecule has 1 aliphatic rings. The van der Waals surface area contributed by atoms with Gasteiger partial charge in [-0.15, -0.1) is 12.4 Å². The summed E-state index contributed by atoms with van der Waals surface area (Å²) in [4.78, 5) is 12.3. The second kappa shape index (κ2) is 8.83. The zero-order valence-corrected chi connectivity index (χ0v) is 14.9. The monoisotopic (exact) mass is 364 g/mol. The van der Waals surface area contributed by atoms with Gasteiger partial charge < -0.3 is 15.4 Å². The van der Waals surface area contributed by atoms with Crippen LogP contribution < -0.4 is 15.4 Å². The number of halogens is 2. The summed E-state index contributed by atoms with van der Waals surface area (Å²) in [5.74, 6) is -0.246. The molecule has 3 rings (SSSR count). The molecule has 0 saturated carbocycles. The van der Waals surface area contributed by atoms with Gasteiger partial charge in [0.25, 0.3) is 0 Å². The molecule has 0 aliphatic carbocycles. The molecule has 0 bridgehead atoms. The second-order valence-electron chi connectivity index (χ2n) is 6.01. The third kappa shape index (κ3) is 4.71. The summed E-state index contributed by atoms with van der Waals surface area (Å²) in [5, 5.41) is 5.89. The van der Waals surface area contributed by atoms with Gasteiger partial charge in [-0.05, 0) is 42.3 Å². The van der Waals surface area contributed by atoms with Crippen LogP contribution in [-0.4, -0.2) is 19.1 Å². The van der Waals surface area contributed by atoms with Crippen LogP contribution in [0.1, 0.15) is 18.1 Å². The van der Waals surface area contributed by atoms with Gasteiger partial charge in [0.2, 0.25) is 5.91 Å². The van der Waals surface area contributed by atoms with E-state index in [9.17, 15) is 9.18 Å². The van der Waals surface area contributed by atoms with Crippen molar-refractivity contribution in [3.8, 4) is 5.75 Å². The summed E-state index contributed by atoms with van der Waals surface area (Å²) in [6, 6.07) is 12.8. The molecule has 0 fully saturated rings. The lowest BCUT2D eigenvalue weighted by atomic mass is 9.99. The molecule has 25 heavy (non-hydrogen) atoms. The van der Waals surface area contributed by atoms with E-state index in [2.05, 4.69) is 10.6 Å². The number of fused-ring (bicyclic) bond motifs is 1. The van der Waals surface area contributed by atoms with Gasteiger partial charge in [-0.3, -0.25) is 4.79 Å². The number of nitrogens with one attached hydrogen (secondary N) is 2. The zero-order chi connectivity index (χ0) is 16.9. The van der Waals surface area contributed by atoms with E-state index in [0.717, 1.165) is 12.1 Å². The van der Waals surface area contributed by atoms with Crippen LogP contribution in [0.15, 0.2) is 42.5 Å². The van der Waals surface area contributed by atoms with Gasteiger partial charge in [0.15, 0.2) is 0 Å². The fourth-order valence-corrected chi connectivity index (χ4v) is 2.70. The smallest absolute Gasteiger partial charge is 0.230 e. The minimum Gasteiger partial charge on any atom is -0.493 e. The van der Waals surface area contributed by atoms with E-state index in [1.807, 2.05) is 36.4 Å². The number of para-hydroxylation sites is 1. The predicted octanol–water partition coefficient (Wildman–Crippen LogP) is 3.55. The normalized spacial score (nSPS) is 14.0. The van der Waals surface area contributed by atoms with Crippen molar-refractivity contribution in [1.82, 2.24) is 5.32 Å². The molecule has 0 spiro atoms. The highest BCUT2D eigenvalue weighted by Gasteiger charge is 2.20. The Morgan fingerprint density at radius 2 is 2.04 bits per heavy atom. The van der Waals surface area contributed by atoms with Crippen LogP contribution in [0.5, 0.6) is 5.75 Å². The average Bonchev–Trinajstić information content (AvgIpc) is 2.63. The first-order valence-electron chi connectivity index (χ1n) is 8.15. The predicted molar refractivity (Wildman–Crippen MR) is 98.8 cm³/mol. The van der Waals surface area contributed by atoms with Crippen LogP contribution in [-0.2, 0) is 17.8 Å². The third-order valence-electron chi connectivity index (χ3n) is 4.16. The van der Waals surface area contributed by atoms with Gasteiger partial charge in [-0.2, -0.15) is 0 Å². The topological polar surface area (TPSA) is 50.4 Å². The van der Waals surface area contributed by atoms with Crippen molar-refractivity contribution >= 4 is 24.0 Å². The number of anilines is 1. The average molecular weight is 365 g/mol. The molecular weight excluding hydrogens is 343 g/mol. The first-order chi connectivity index (χ1) is 11.6. The molecule has 2 N–H and O–H groups in total. The highest BCUT2D eigenvalue weighted by Crippen LogP contribution is 2.25. The summed E-state index contributed by atoms with van der Waals surface area (Å²) in [6.45, 7) is 3.43. The van der Waals surface area contributed by atoms with Crippen molar-refractivity contribution in [3.05, 3.63) is 59.4 Å². The largest absolute Gasteiger partial charge is 0.493 e. The van der Waals surface area contributed by atoms with E-state index in [1.165, 1.54) is 0 Å². The first kappa shape index (κ1) is 19.2. The lowest BCUT2D eigenvalue weighted by Gasteiger charge is -2.20. The molecule has 1 unspecified atom stereocenters. The van der Waals surface area contributed by atoms with Crippen LogP contribution in [0.3, 0.4) is 0 Å². The van der Waals surface area contributed by atoms with Gasteiger partial charge in [0.1, 0.15) is 11.6 Å². The molecule has 1 aliphatic heterocycles. The Labute approximate surface area is 153 Å². The van der Waals surface area contributed by atoms with E-state index in [1.54, 1.807) is 13.0 Å². The summed E-state index contributed by atoms with van der Waals surface area (Å²) in [6.07, 6.45) is 0.636. The van der Waals surface area contributed by atoms with Gasteiger partial charge >= 0.3 is 0 Å². The molecule has 1 atom stereocenters. The molecular formula is C19H22ClFN2O2. The maximum absolute atomic E-state index is 14.6. The number of ether oxygens (including phenoxy) is 1. The number of hydrogen-bond donors (Lipinski definition) is 2. The quantitative estimate of drug-likeness (QED) is 0.853. The highest BCUT2D eigenvalue weighted by molar-refractivity contribution is 5.92. The van der Waals surface area contributed by atoms with Crippen molar-refractivity contribution in [2.75, 3.05) is 18.5 Å². The zero-order valence-electron chi connectivity index (χ0n) is 14.0. The van der Waals surface area contributed by atoms with Crippen LogP contribution >= 0.6 is 12.4 Å². The maximum Gasteiger partial charge on any atom is 0.230 e. The Bertz CT molecular complexity index is 725. The Morgan fingerprint density at radius 1 is 1.28 bits per heavy atom. The van der Waals surface area contributed by atoms with Crippen molar-refractivity contribution in [2.24, 2.45) is 5.92 Å². The molecule has 1 amide bonds. The summed E-state index contributed by atoms with van der Waals surface area (Å²) >= 11 is 0. The number of rotatable bonds is 5. The van der Waals surface area contributed by atoms with Crippen molar-refractivity contribution in [3.63, 3.8) is 0 Å². The number of benzene rings is 2. The fraction of sp³-hybridized carbons (Fsp3) is 0.316. The number of hydrogen-bond acceptors (Lipinski definition) is 3. The fourth-order valence-electron chi connectivity index (χ4n) is 2.70. The van der Waals surface area contributed by atoms with E-state index in [-0.39, 0.29) is 42.3 Å². The number of amides is 1. The van der Waals surface area contributed by atoms with E-state index in [4.69, 9.17) is 4.74 Å². The molecule has 0 saturated heterocycles. The van der Waals surface area contributed by atoms with Crippen molar-refractivity contribution < 1.29 is 13.9 Å². The second-order valence-corrected chi connectivity index (χ2v) is 6.01. The molecule has 2 aromatic rings. The first-order valence-corrected chi connectivity index (χ1v) is 8.15. The minimum atomic E-state index is -0.387. The van der Waals surface area contributed by atoms with Crippen LogP contribution in [0.4, 0.5) is 10.1 Å². The minimum absolute atomic E-state index is 0. The van der Waals surface area contributed by atoms with Gasteiger partial charge in [-0.25, -0.2) is 4.39 Å². The lowest BCUT2D eigenvalue weighted by molar-refractivity contribution is -0.120. The van der Waals surface area contributed by atoms with E-state index in [0.29, 0.717) is 24.3 Å². The molecule has 2 aromatic carbocycles. The van der Waals surface area contributed by atoms with Crippen LogP contribution in [0, 0.1) is 11.7 Å². The molecule has 4 nitrogen and oxygen atoms in total. The number of carbonyl (C=O) groups excluding carboxylic acids is 1. The van der Waals surface area contributed by atoms with E-state index < -0.39 is 0 Å². The van der Waals surface area contributed by atoms with Crippen molar-refractivity contribution in [1.29, 1.82) is 0 Å². The Balaban J connectivity index is 0.00000225. The van der Waals surface area contributed by atoms with Gasteiger partial charge in [0, 0.05) is 6.54 Å². The Hall–Kier alpha value is -2.11. The molecule has 0 aromatic heterocycles. The van der Waals surface area contributed by atoms with Gasteiger partial charge in [-0.1, -0.05) is 31.2 Å². The molecule has 0 radical (unpaired) electrons. The maximum atomic E-state index is 14.6. The van der Waals surface area contributed by atoms with Crippen LogP contribution in [0.2, 0.25) is 0 Å². The summed E-state index contributed by atoms with van der Waals surface area (Å²) in [5.41, 5.74) is 1.89. The third-order valence-corrected chi connectivity index (χ3v) is 4.16. The van der Waals surface area contributed by atoms with Crippen LogP contribution in [0.25, 0.3) is 0 Å². The molecule has 134 valence electrons. The van der Waals surface area contributed by atoms with E-state index >= 15 is 0 Å². The summed E-state index contributed by atoms with van der Waals surface area (Å²) in [7, 11) is 0. The standard InChI is InChI=1S/C19H21FN2O2.ClH/c1-13(12-24-15-5-3-2-4-6-15)19(23)22-17-8-7-14-11-21-10-9-16(14)18(17)20;/h2-8,13,21H,9-12H2,1H3,(H,22,23);1H. The Kier molecular flexibility index (Phi) is 6.79. The lowest BCUT2D eigenvalue weighted by Crippen LogP contribution is -2.28. The molecule has 6 heteroatoms. The van der Waals surface area contributed by atoms with Gasteiger partial charge in [0.05, 0.1) is 18.2 Å².